The first-order valence-corrected chi connectivity index (χ1v) is 8.62. The van der Waals surface area contributed by atoms with Crippen LogP contribution in [0.15, 0.2) is 108 Å². The molecular formula is C22H18BrN. The molecular weight excluding hydrogens is 358 g/mol. The lowest BCUT2D eigenvalue weighted by Gasteiger charge is -2.04. The highest BCUT2D eigenvalue weighted by atomic mass is 79.9. The van der Waals surface area contributed by atoms with Crippen molar-refractivity contribution in [3.63, 3.8) is 0 Å². The van der Waals surface area contributed by atoms with Crippen molar-refractivity contribution in [1.29, 1.82) is 0 Å². The van der Waals surface area contributed by atoms with Crippen molar-refractivity contribution < 1.29 is 0 Å². The first kappa shape index (κ1) is 16.3. The van der Waals surface area contributed by atoms with Gasteiger partial charge in [0, 0.05) is 15.8 Å². The van der Waals surface area contributed by atoms with E-state index in [0.29, 0.717) is 0 Å². The molecule has 0 saturated heterocycles. The molecule has 118 valence electrons. The van der Waals surface area contributed by atoms with Gasteiger partial charge in [0.05, 0.1) is 0 Å². The number of halogens is 1. The van der Waals surface area contributed by atoms with Gasteiger partial charge in [-0.1, -0.05) is 82.7 Å². The standard InChI is InChI=1S/C12H11N.C10H7Br/c1-3-7-11(8-4-1)13-12-9-5-2-6-10-12;11-10-6-5-8-3-1-2-4-9(8)7-10/h1-10,13H;1-7H. The van der Waals surface area contributed by atoms with Gasteiger partial charge in [-0.2, -0.15) is 0 Å². The quantitative estimate of drug-likeness (QED) is 0.396. The molecule has 0 aromatic heterocycles. The van der Waals surface area contributed by atoms with Crippen LogP contribution in [0.4, 0.5) is 11.4 Å². The molecule has 0 spiro atoms. The fourth-order valence-electron chi connectivity index (χ4n) is 2.37. The highest BCUT2D eigenvalue weighted by Gasteiger charge is 1.91. The largest absolute Gasteiger partial charge is 0.356 e. The molecule has 1 N–H and O–H groups in total. The maximum absolute atomic E-state index is 3.43. The van der Waals surface area contributed by atoms with E-state index >= 15 is 0 Å². The van der Waals surface area contributed by atoms with Gasteiger partial charge in [0.2, 0.25) is 0 Å². The van der Waals surface area contributed by atoms with E-state index in [1.165, 1.54) is 10.8 Å². The van der Waals surface area contributed by atoms with E-state index in [1.54, 1.807) is 0 Å². The summed E-state index contributed by atoms with van der Waals surface area (Å²) in [6.07, 6.45) is 0. The van der Waals surface area contributed by atoms with Crippen LogP contribution in [0.2, 0.25) is 0 Å². The van der Waals surface area contributed by atoms with E-state index in [1.807, 2.05) is 60.7 Å². The van der Waals surface area contributed by atoms with Crippen molar-refractivity contribution in [2.24, 2.45) is 0 Å². The van der Waals surface area contributed by atoms with Crippen LogP contribution < -0.4 is 5.32 Å². The van der Waals surface area contributed by atoms with Gasteiger partial charge < -0.3 is 5.32 Å². The van der Waals surface area contributed by atoms with Crippen LogP contribution in [0.25, 0.3) is 10.8 Å². The Balaban J connectivity index is 0.000000143. The lowest BCUT2D eigenvalue weighted by atomic mass is 10.1. The van der Waals surface area contributed by atoms with Crippen LogP contribution in [0.1, 0.15) is 0 Å². The molecule has 0 saturated carbocycles. The summed E-state index contributed by atoms with van der Waals surface area (Å²) in [6, 6.07) is 34.9. The molecule has 2 heteroatoms. The van der Waals surface area contributed by atoms with E-state index in [-0.39, 0.29) is 0 Å². The number of hydrogen-bond acceptors (Lipinski definition) is 1. The van der Waals surface area contributed by atoms with Gasteiger partial charge in [-0.3, -0.25) is 0 Å². The summed E-state index contributed by atoms with van der Waals surface area (Å²) >= 11 is 3.43. The Hall–Kier alpha value is -2.58. The SMILES string of the molecule is Brc1ccc2ccccc2c1.c1ccc(Nc2ccccc2)cc1. The molecule has 0 atom stereocenters. The highest BCUT2D eigenvalue weighted by molar-refractivity contribution is 9.10. The first-order chi connectivity index (χ1) is 11.8. The Morgan fingerprint density at radius 1 is 0.500 bits per heavy atom. The molecule has 0 fully saturated rings. The van der Waals surface area contributed by atoms with Crippen LogP contribution in [-0.4, -0.2) is 0 Å². The smallest absolute Gasteiger partial charge is 0.0384 e. The molecule has 0 unspecified atom stereocenters. The molecule has 0 radical (unpaired) electrons. The van der Waals surface area contributed by atoms with Crippen molar-refractivity contribution in [2.75, 3.05) is 5.32 Å². The average Bonchev–Trinajstić information content (AvgIpc) is 2.64. The Morgan fingerprint density at radius 2 is 1.00 bits per heavy atom. The van der Waals surface area contributed by atoms with E-state index in [0.717, 1.165) is 15.8 Å². The van der Waals surface area contributed by atoms with Crippen molar-refractivity contribution >= 4 is 38.1 Å². The number of fused-ring (bicyclic) bond motifs is 1. The Labute approximate surface area is 151 Å². The van der Waals surface area contributed by atoms with Crippen LogP contribution in [0.3, 0.4) is 0 Å². The van der Waals surface area contributed by atoms with Crippen LogP contribution >= 0.6 is 15.9 Å². The average molecular weight is 376 g/mol. The minimum Gasteiger partial charge on any atom is -0.356 e. The molecule has 0 bridgehead atoms. The summed E-state index contributed by atoms with van der Waals surface area (Å²) in [5.74, 6) is 0. The van der Waals surface area contributed by atoms with Crippen molar-refractivity contribution in [1.82, 2.24) is 0 Å². The Bertz CT molecular complexity index is 851. The summed E-state index contributed by atoms with van der Waals surface area (Å²) in [5.41, 5.74) is 2.24. The highest BCUT2D eigenvalue weighted by Crippen LogP contribution is 2.18. The van der Waals surface area contributed by atoms with E-state index in [2.05, 4.69) is 63.7 Å². The van der Waals surface area contributed by atoms with E-state index < -0.39 is 0 Å². The zero-order valence-corrected chi connectivity index (χ0v) is 14.8. The summed E-state index contributed by atoms with van der Waals surface area (Å²) in [5, 5.41) is 5.87. The van der Waals surface area contributed by atoms with Gasteiger partial charge in [-0.05, 0) is 47.2 Å². The third-order valence-corrected chi connectivity index (χ3v) is 4.04. The zero-order chi connectivity index (χ0) is 16.6. The van der Waals surface area contributed by atoms with Gasteiger partial charge in [0.25, 0.3) is 0 Å². The monoisotopic (exact) mass is 375 g/mol. The number of anilines is 2. The molecule has 0 aliphatic heterocycles. The normalized spacial score (nSPS) is 9.88. The predicted molar refractivity (Wildman–Crippen MR) is 108 cm³/mol. The third-order valence-electron chi connectivity index (χ3n) is 3.55. The molecule has 0 aliphatic carbocycles. The maximum Gasteiger partial charge on any atom is 0.0384 e. The minimum absolute atomic E-state index is 1.12. The van der Waals surface area contributed by atoms with E-state index in [9.17, 15) is 0 Å². The molecule has 0 heterocycles. The first-order valence-electron chi connectivity index (χ1n) is 7.83. The van der Waals surface area contributed by atoms with Crippen molar-refractivity contribution in [3.8, 4) is 0 Å². The number of rotatable bonds is 2. The summed E-state index contributed by atoms with van der Waals surface area (Å²) in [7, 11) is 0. The molecule has 24 heavy (non-hydrogen) atoms. The minimum atomic E-state index is 1.12. The number of hydrogen-bond donors (Lipinski definition) is 1. The third kappa shape index (κ3) is 4.71. The van der Waals surface area contributed by atoms with Crippen molar-refractivity contribution in [3.05, 3.63) is 108 Å². The summed E-state index contributed by atoms with van der Waals surface area (Å²) in [6.45, 7) is 0. The molecule has 0 aliphatic rings. The second-order valence-electron chi connectivity index (χ2n) is 5.35. The van der Waals surface area contributed by atoms with E-state index in [4.69, 9.17) is 0 Å². The van der Waals surface area contributed by atoms with Gasteiger partial charge in [0.1, 0.15) is 0 Å². The molecule has 4 aromatic carbocycles. The molecule has 1 nitrogen and oxygen atoms in total. The van der Waals surface area contributed by atoms with Crippen LogP contribution in [0, 0.1) is 0 Å². The second kappa shape index (κ2) is 8.32. The van der Waals surface area contributed by atoms with Gasteiger partial charge in [0.15, 0.2) is 0 Å². The fraction of sp³-hybridized carbons (Fsp3) is 0. The molecule has 0 amide bonds. The number of para-hydroxylation sites is 2. The zero-order valence-electron chi connectivity index (χ0n) is 13.2. The maximum atomic E-state index is 3.43. The summed E-state index contributed by atoms with van der Waals surface area (Å²) in [4.78, 5) is 0. The lowest BCUT2D eigenvalue weighted by molar-refractivity contribution is 1.55. The topological polar surface area (TPSA) is 12.0 Å². The Morgan fingerprint density at radius 3 is 1.58 bits per heavy atom. The molecule has 4 aromatic rings. The predicted octanol–water partition coefficient (Wildman–Crippen LogP) is 7.03. The van der Waals surface area contributed by atoms with Crippen LogP contribution in [-0.2, 0) is 0 Å². The number of benzene rings is 4. The second-order valence-corrected chi connectivity index (χ2v) is 6.26. The van der Waals surface area contributed by atoms with Gasteiger partial charge >= 0.3 is 0 Å². The lowest BCUT2D eigenvalue weighted by Crippen LogP contribution is -1.87. The van der Waals surface area contributed by atoms with Crippen LogP contribution in [0.5, 0.6) is 0 Å². The van der Waals surface area contributed by atoms with Gasteiger partial charge in [-0.15, -0.1) is 0 Å². The van der Waals surface area contributed by atoms with Gasteiger partial charge in [-0.25, -0.2) is 0 Å². The molecule has 4 rings (SSSR count). The Kier molecular flexibility index (Phi) is 5.65. The fourth-order valence-corrected chi connectivity index (χ4v) is 2.75. The number of nitrogens with one attached hydrogen (secondary N) is 1. The van der Waals surface area contributed by atoms with Crippen molar-refractivity contribution in [2.45, 2.75) is 0 Å². The summed E-state index contributed by atoms with van der Waals surface area (Å²) < 4.78 is 1.14.